The van der Waals surface area contributed by atoms with Gasteiger partial charge in [-0.25, -0.2) is 0 Å². The molecular formula is C26H29CoN2-. The summed E-state index contributed by atoms with van der Waals surface area (Å²) in [5.41, 5.74) is 6.82. The Morgan fingerprint density at radius 1 is 0.724 bits per heavy atom. The monoisotopic (exact) mass is 428 g/mol. The molecule has 29 heavy (non-hydrogen) atoms. The first kappa shape index (κ1) is 25.2. The normalized spacial score (nSPS) is 14.4. The van der Waals surface area contributed by atoms with Crippen LogP contribution < -0.4 is 0 Å². The number of rotatable bonds is 4. The second kappa shape index (κ2) is 13.4. The van der Waals surface area contributed by atoms with E-state index in [0.717, 1.165) is 11.4 Å². The number of aliphatic imine (C=N–C) groups is 1. The van der Waals surface area contributed by atoms with Gasteiger partial charge in [-0.15, -0.1) is 5.69 Å². The Balaban J connectivity index is 0.000000445. The zero-order valence-corrected chi connectivity index (χ0v) is 18.9. The van der Waals surface area contributed by atoms with Gasteiger partial charge in [-0.3, -0.25) is 4.99 Å². The molecule has 153 valence electrons. The summed E-state index contributed by atoms with van der Waals surface area (Å²) in [6.07, 6.45) is 15.7. The first-order valence-electron chi connectivity index (χ1n) is 9.53. The number of hydrogen-bond donors (Lipinski definition) is 0. The molecule has 2 aromatic rings. The number of para-hydroxylation sites is 2. The minimum atomic E-state index is 0. The number of nitrogens with zero attached hydrogens (tertiary/aromatic N) is 2. The summed E-state index contributed by atoms with van der Waals surface area (Å²) in [7, 11) is 0. The molecule has 0 aliphatic heterocycles. The number of benzene rings is 2. The Kier molecular flexibility index (Phi) is 11.6. The molecule has 0 spiro atoms. The van der Waals surface area contributed by atoms with E-state index in [1.165, 1.54) is 28.2 Å². The summed E-state index contributed by atoms with van der Waals surface area (Å²) in [5, 5.41) is 4.51. The number of hydrogen-bond acceptors (Lipinski definition) is 1. The van der Waals surface area contributed by atoms with Crippen LogP contribution in [0.25, 0.3) is 5.32 Å². The van der Waals surface area contributed by atoms with Crippen molar-refractivity contribution in [2.45, 2.75) is 34.6 Å². The van der Waals surface area contributed by atoms with Gasteiger partial charge in [-0.1, -0.05) is 60.5 Å². The van der Waals surface area contributed by atoms with Crippen LogP contribution in [0, 0.1) is 65.7 Å². The average molecular weight is 428 g/mol. The summed E-state index contributed by atoms with van der Waals surface area (Å²) in [4.78, 5) is 4.51. The summed E-state index contributed by atoms with van der Waals surface area (Å²) >= 11 is 0. The van der Waals surface area contributed by atoms with Crippen LogP contribution in [0.15, 0.2) is 53.7 Å². The van der Waals surface area contributed by atoms with Crippen molar-refractivity contribution in [1.82, 2.24) is 0 Å². The standard InChI is InChI=1S/C19H21N2.C7H8.Co/c1-14-8-5-9-15(2)18(14)20-12-7-13-21-19-16(3)10-6-11-17(19)4;1-7-5-3-2-4-6-7;/h5-13H,1-4H3;2-6H,1H3;/q-1;;/b12-7-,21-13?;;. The van der Waals surface area contributed by atoms with Crippen molar-refractivity contribution in [2.75, 3.05) is 0 Å². The molecule has 2 nitrogen and oxygen atoms in total. The van der Waals surface area contributed by atoms with E-state index in [1.54, 1.807) is 12.4 Å². The molecule has 0 N–H and O–H groups in total. The molecule has 0 atom stereocenters. The fraction of sp³-hybridized carbons (Fsp3) is 0.192. The van der Waals surface area contributed by atoms with E-state index in [4.69, 9.17) is 0 Å². The second-order valence-corrected chi connectivity index (χ2v) is 6.88. The Morgan fingerprint density at radius 3 is 1.72 bits per heavy atom. The van der Waals surface area contributed by atoms with Crippen LogP contribution in [0.4, 0.5) is 11.4 Å². The molecule has 0 unspecified atom stereocenters. The summed E-state index contributed by atoms with van der Waals surface area (Å²) in [6, 6.07) is 12.4. The van der Waals surface area contributed by atoms with Gasteiger partial charge in [0, 0.05) is 23.0 Å². The minimum absolute atomic E-state index is 0. The van der Waals surface area contributed by atoms with Crippen molar-refractivity contribution in [3.8, 4) is 0 Å². The maximum atomic E-state index is 4.51. The molecule has 7 radical (unpaired) electrons. The maximum absolute atomic E-state index is 4.51. The van der Waals surface area contributed by atoms with Gasteiger partial charge in [0.05, 0.1) is 5.69 Å². The molecule has 0 heterocycles. The topological polar surface area (TPSA) is 26.5 Å². The third-order valence-electron chi connectivity index (χ3n) is 4.40. The van der Waals surface area contributed by atoms with Crippen LogP contribution in [-0.2, 0) is 16.8 Å². The fourth-order valence-electron chi connectivity index (χ4n) is 2.83. The predicted octanol–water partition coefficient (Wildman–Crippen LogP) is 7.46. The van der Waals surface area contributed by atoms with Crippen molar-refractivity contribution in [1.29, 1.82) is 0 Å². The first-order chi connectivity index (χ1) is 13.5. The van der Waals surface area contributed by atoms with E-state index in [9.17, 15) is 0 Å². The predicted molar refractivity (Wildman–Crippen MR) is 123 cm³/mol. The Hall–Kier alpha value is -1.84. The fourth-order valence-corrected chi connectivity index (χ4v) is 2.83. The van der Waals surface area contributed by atoms with Crippen LogP contribution in [0.2, 0.25) is 0 Å². The van der Waals surface area contributed by atoms with Crippen LogP contribution in [0.1, 0.15) is 29.2 Å². The average Bonchev–Trinajstić information content (AvgIpc) is 2.67. The molecule has 3 heteroatoms. The molecule has 2 aromatic carbocycles. The SMILES string of the molecule is C[C]1[CH][CH][CH][CH][CH]1.Cc1cccc(C)c1N=C/C=C\[N-]c1c(C)cccc1C.[Co]. The van der Waals surface area contributed by atoms with Gasteiger partial charge in [0.2, 0.25) is 0 Å². The van der Waals surface area contributed by atoms with Gasteiger partial charge in [0.1, 0.15) is 0 Å². The zero-order valence-electron chi connectivity index (χ0n) is 17.8. The molecular weight excluding hydrogens is 399 g/mol. The second-order valence-electron chi connectivity index (χ2n) is 6.88. The molecule has 0 amide bonds. The van der Waals surface area contributed by atoms with Gasteiger partial charge < -0.3 is 5.32 Å². The van der Waals surface area contributed by atoms with E-state index in [-0.39, 0.29) is 16.8 Å². The summed E-state index contributed by atoms with van der Waals surface area (Å²) < 4.78 is 0. The molecule has 0 saturated heterocycles. The van der Waals surface area contributed by atoms with Gasteiger partial charge in [0.25, 0.3) is 0 Å². The first-order valence-corrected chi connectivity index (χ1v) is 9.53. The number of aryl methyl sites for hydroxylation is 4. The Bertz CT molecular complexity index is 762. The molecule has 1 aliphatic rings. The maximum Gasteiger partial charge on any atom is 0.0687 e. The molecule has 0 aromatic heterocycles. The summed E-state index contributed by atoms with van der Waals surface area (Å²) in [6.45, 7) is 10.4. The Morgan fingerprint density at radius 2 is 1.24 bits per heavy atom. The van der Waals surface area contributed by atoms with Gasteiger partial charge >= 0.3 is 0 Å². The van der Waals surface area contributed by atoms with Gasteiger partial charge in [0.15, 0.2) is 0 Å². The van der Waals surface area contributed by atoms with Crippen molar-refractivity contribution >= 4 is 17.6 Å². The largest absolute Gasteiger partial charge is 0.664 e. The Labute approximate surface area is 188 Å². The summed E-state index contributed by atoms with van der Waals surface area (Å²) in [5.74, 6) is 1.32. The van der Waals surface area contributed by atoms with E-state index >= 15 is 0 Å². The molecule has 3 rings (SSSR count). The third kappa shape index (κ3) is 8.59. The van der Waals surface area contributed by atoms with Crippen LogP contribution in [0.3, 0.4) is 0 Å². The van der Waals surface area contributed by atoms with Gasteiger partial charge in [-0.2, -0.15) is 6.20 Å². The van der Waals surface area contributed by atoms with Crippen LogP contribution >= 0.6 is 0 Å². The van der Waals surface area contributed by atoms with Crippen molar-refractivity contribution in [2.24, 2.45) is 4.99 Å². The van der Waals surface area contributed by atoms with Gasteiger partial charge in [-0.05, 0) is 76.8 Å². The van der Waals surface area contributed by atoms with E-state index in [2.05, 4.69) is 94.2 Å². The molecule has 1 aliphatic carbocycles. The molecule has 1 saturated carbocycles. The van der Waals surface area contributed by atoms with Crippen LogP contribution in [-0.4, -0.2) is 6.21 Å². The number of allylic oxidation sites excluding steroid dienone is 1. The molecule has 1 fully saturated rings. The third-order valence-corrected chi connectivity index (χ3v) is 4.40. The zero-order chi connectivity index (χ0) is 20.4. The smallest absolute Gasteiger partial charge is 0.0687 e. The molecule has 0 bridgehead atoms. The quantitative estimate of drug-likeness (QED) is 0.452. The van der Waals surface area contributed by atoms with E-state index < -0.39 is 0 Å². The van der Waals surface area contributed by atoms with Crippen molar-refractivity contribution in [3.05, 3.63) is 114 Å². The van der Waals surface area contributed by atoms with Crippen LogP contribution in [0.5, 0.6) is 0 Å². The van der Waals surface area contributed by atoms with Crippen molar-refractivity contribution < 1.29 is 16.8 Å². The van der Waals surface area contributed by atoms with E-state index in [0.29, 0.717) is 0 Å². The minimum Gasteiger partial charge on any atom is -0.664 e. The van der Waals surface area contributed by atoms with Crippen molar-refractivity contribution in [3.63, 3.8) is 0 Å². The van der Waals surface area contributed by atoms with E-state index in [1.807, 2.05) is 25.3 Å².